The molecule has 0 aliphatic heterocycles. The van der Waals surface area contributed by atoms with Crippen LogP contribution in [0.4, 0.5) is 13.2 Å². The largest absolute Gasteiger partial charge is 0.432 e. The molecule has 1 aromatic rings. The van der Waals surface area contributed by atoms with Crippen LogP contribution in [-0.4, -0.2) is 17.9 Å². The van der Waals surface area contributed by atoms with Crippen molar-refractivity contribution in [2.75, 3.05) is 0 Å². The zero-order chi connectivity index (χ0) is 16.0. The van der Waals surface area contributed by atoms with Crippen LogP contribution in [0.3, 0.4) is 0 Å². The maximum Gasteiger partial charge on any atom is 0.432 e. The molecular formula is C14H12F3N3O. The lowest BCUT2D eigenvalue weighted by Gasteiger charge is -2.11. The monoisotopic (exact) mass is 295 g/mol. The molecule has 4 nitrogen and oxygen atoms in total. The second-order valence-electron chi connectivity index (χ2n) is 3.96. The molecule has 0 radical (unpaired) electrons. The number of amidine groups is 1. The van der Waals surface area contributed by atoms with Crippen LogP contribution < -0.4 is 11.1 Å². The zero-order valence-electron chi connectivity index (χ0n) is 11.0. The number of allylic oxidation sites excluding steroid dienone is 1. The first-order valence-corrected chi connectivity index (χ1v) is 5.72. The van der Waals surface area contributed by atoms with Crippen molar-refractivity contribution in [2.45, 2.75) is 13.1 Å². The minimum absolute atomic E-state index is 0.459. The quantitative estimate of drug-likeness (QED) is 0.420. The molecule has 0 saturated heterocycles. The fraction of sp³-hybridized carbons (Fsp3) is 0.143. The van der Waals surface area contributed by atoms with Gasteiger partial charge in [-0.25, -0.2) is 0 Å². The number of carbonyl (C=O) groups excluding carboxylic acids is 1. The standard InChI is InChI=1S/C14H12F3N3O/c1-9(21)20-13(19)11(12(18)14(15,16)17)8-7-10-5-3-2-4-6-10/h2-6H,18H2,1H3,(H2,19,20,21). The van der Waals surface area contributed by atoms with Crippen LogP contribution in [0, 0.1) is 17.3 Å². The zero-order valence-corrected chi connectivity index (χ0v) is 11.0. The second-order valence-corrected chi connectivity index (χ2v) is 3.96. The van der Waals surface area contributed by atoms with Gasteiger partial charge in [-0.1, -0.05) is 30.0 Å². The normalized spacial score (nSPS) is 11.8. The molecule has 0 aromatic heterocycles. The number of nitrogens with one attached hydrogen (secondary N) is 2. The predicted octanol–water partition coefficient (Wildman–Crippen LogP) is 1.93. The van der Waals surface area contributed by atoms with Gasteiger partial charge in [0.05, 0.1) is 5.57 Å². The maximum atomic E-state index is 12.7. The van der Waals surface area contributed by atoms with Crippen molar-refractivity contribution in [3.63, 3.8) is 0 Å². The van der Waals surface area contributed by atoms with Crippen LogP contribution in [0.2, 0.25) is 0 Å². The van der Waals surface area contributed by atoms with Gasteiger partial charge in [0, 0.05) is 12.5 Å². The summed E-state index contributed by atoms with van der Waals surface area (Å²) < 4.78 is 38.0. The Balaban J connectivity index is 3.25. The third kappa shape index (κ3) is 5.03. The van der Waals surface area contributed by atoms with Gasteiger partial charge >= 0.3 is 6.18 Å². The van der Waals surface area contributed by atoms with Crippen molar-refractivity contribution < 1.29 is 18.0 Å². The second kappa shape index (κ2) is 6.61. The summed E-state index contributed by atoms with van der Waals surface area (Å²) in [6.07, 6.45) is -4.84. The number of nitrogens with two attached hydrogens (primary N) is 1. The molecule has 0 heterocycles. The molecule has 7 heteroatoms. The van der Waals surface area contributed by atoms with Crippen molar-refractivity contribution in [3.8, 4) is 11.8 Å². The lowest BCUT2D eigenvalue weighted by molar-refractivity contribution is -0.117. The van der Waals surface area contributed by atoms with Crippen LogP contribution in [-0.2, 0) is 4.79 Å². The number of hydrogen-bond acceptors (Lipinski definition) is 3. The average molecular weight is 295 g/mol. The molecule has 0 saturated carbocycles. The summed E-state index contributed by atoms with van der Waals surface area (Å²) in [5.41, 5.74) is 3.15. The van der Waals surface area contributed by atoms with E-state index in [0.29, 0.717) is 5.56 Å². The van der Waals surface area contributed by atoms with E-state index in [4.69, 9.17) is 11.1 Å². The Morgan fingerprint density at radius 2 is 1.86 bits per heavy atom. The van der Waals surface area contributed by atoms with Gasteiger partial charge < -0.3 is 11.1 Å². The molecule has 0 aliphatic rings. The van der Waals surface area contributed by atoms with Crippen molar-refractivity contribution in [1.29, 1.82) is 5.41 Å². The summed E-state index contributed by atoms with van der Waals surface area (Å²) in [6, 6.07) is 8.25. The third-order valence-electron chi connectivity index (χ3n) is 2.23. The van der Waals surface area contributed by atoms with Crippen molar-refractivity contribution >= 4 is 11.7 Å². The third-order valence-corrected chi connectivity index (χ3v) is 2.23. The Morgan fingerprint density at radius 1 is 1.29 bits per heavy atom. The van der Waals surface area contributed by atoms with Crippen LogP contribution in [0.15, 0.2) is 41.6 Å². The average Bonchev–Trinajstić information content (AvgIpc) is 2.38. The van der Waals surface area contributed by atoms with Crippen LogP contribution in [0.25, 0.3) is 0 Å². The lowest BCUT2D eigenvalue weighted by Crippen LogP contribution is -2.33. The van der Waals surface area contributed by atoms with E-state index in [1.54, 1.807) is 30.3 Å². The van der Waals surface area contributed by atoms with Crippen LogP contribution >= 0.6 is 0 Å². The summed E-state index contributed by atoms with van der Waals surface area (Å²) in [6.45, 7) is 1.07. The highest BCUT2D eigenvalue weighted by Crippen LogP contribution is 2.24. The van der Waals surface area contributed by atoms with E-state index in [1.165, 1.54) is 0 Å². The topological polar surface area (TPSA) is 79.0 Å². The summed E-state index contributed by atoms with van der Waals surface area (Å²) in [7, 11) is 0. The van der Waals surface area contributed by atoms with Crippen molar-refractivity contribution in [1.82, 2.24) is 5.32 Å². The summed E-state index contributed by atoms with van der Waals surface area (Å²) in [5, 5.41) is 9.42. The minimum atomic E-state index is -4.84. The van der Waals surface area contributed by atoms with E-state index in [2.05, 4.69) is 11.8 Å². The number of amides is 1. The fourth-order valence-electron chi connectivity index (χ4n) is 1.30. The van der Waals surface area contributed by atoms with E-state index >= 15 is 0 Å². The van der Waals surface area contributed by atoms with Crippen LogP contribution in [0.1, 0.15) is 12.5 Å². The first kappa shape index (κ1) is 16.3. The van der Waals surface area contributed by atoms with Gasteiger partial charge in [-0.05, 0) is 12.1 Å². The molecule has 0 fully saturated rings. The van der Waals surface area contributed by atoms with Gasteiger partial charge in [-0.3, -0.25) is 10.2 Å². The highest BCUT2D eigenvalue weighted by Gasteiger charge is 2.35. The van der Waals surface area contributed by atoms with Gasteiger partial charge in [0.1, 0.15) is 11.5 Å². The lowest BCUT2D eigenvalue weighted by atomic mass is 10.1. The SMILES string of the molecule is CC(=O)NC(=N)C(C#Cc1ccccc1)=C(N)C(F)(F)F. The number of carbonyl (C=O) groups is 1. The van der Waals surface area contributed by atoms with E-state index in [-0.39, 0.29) is 0 Å². The van der Waals surface area contributed by atoms with E-state index in [0.717, 1.165) is 6.92 Å². The summed E-state index contributed by atoms with van der Waals surface area (Å²) in [4.78, 5) is 10.9. The Labute approximate surface area is 119 Å². The number of rotatable bonds is 1. The summed E-state index contributed by atoms with van der Waals surface area (Å²) in [5.74, 6) is 3.19. The molecule has 0 unspecified atom stereocenters. The molecule has 0 atom stereocenters. The number of alkyl halides is 3. The highest BCUT2D eigenvalue weighted by molar-refractivity contribution is 6.08. The molecule has 0 aliphatic carbocycles. The van der Waals surface area contributed by atoms with Gasteiger partial charge in [-0.2, -0.15) is 13.2 Å². The molecule has 21 heavy (non-hydrogen) atoms. The maximum absolute atomic E-state index is 12.7. The van der Waals surface area contributed by atoms with Crippen LogP contribution in [0.5, 0.6) is 0 Å². The number of halogens is 3. The molecule has 0 bridgehead atoms. The predicted molar refractivity (Wildman–Crippen MR) is 72.1 cm³/mol. The van der Waals surface area contributed by atoms with Gasteiger partial charge in [0.15, 0.2) is 0 Å². The van der Waals surface area contributed by atoms with E-state index < -0.39 is 29.2 Å². The van der Waals surface area contributed by atoms with Gasteiger partial charge in [0.25, 0.3) is 0 Å². The minimum Gasteiger partial charge on any atom is -0.394 e. The Bertz CT molecular complexity index is 637. The molecular weight excluding hydrogens is 283 g/mol. The number of hydrogen-bond donors (Lipinski definition) is 3. The van der Waals surface area contributed by atoms with Gasteiger partial charge in [-0.15, -0.1) is 0 Å². The first-order valence-electron chi connectivity index (χ1n) is 5.72. The molecule has 110 valence electrons. The van der Waals surface area contributed by atoms with Crippen molar-refractivity contribution in [2.24, 2.45) is 5.73 Å². The smallest absolute Gasteiger partial charge is 0.394 e. The Morgan fingerprint density at radius 3 is 2.33 bits per heavy atom. The highest BCUT2D eigenvalue weighted by atomic mass is 19.4. The fourth-order valence-corrected chi connectivity index (χ4v) is 1.30. The molecule has 1 rings (SSSR count). The van der Waals surface area contributed by atoms with E-state index in [1.807, 2.05) is 5.32 Å². The molecule has 1 amide bonds. The Hall–Kier alpha value is -2.75. The summed E-state index contributed by atoms with van der Waals surface area (Å²) >= 11 is 0. The van der Waals surface area contributed by atoms with E-state index in [9.17, 15) is 18.0 Å². The molecule has 4 N–H and O–H groups in total. The Kier molecular flexibility index (Phi) is 5.13. The molecule has 0 spiro atoms. The first-order chi connectivity index (χ1) is 9.71. The van der Waals surface area contributed by atoms with Gasteiger partial charge in [0.2, 0.25) is 5.91 Å². The van der Waals surface area contributed by atoms with Crippen molar-refractivity contribution in [3.05, 3.63) is 47.2 Å². The number of benzene rings is 1. The molecule has 1 aromatic carbocycles.